The van der Waals surface area contributed by atoms with E-state index in [0.29, 0.717) is 26.9 Å². The Labute approximate surface area is 199 Å². The maximum atomic E-state index is 13.1. The van der Waals surface area contributed by atoms with Crippen molar-refractivity contribution in [2.75, 3.05) is 40.4 Å². The Morgan fingerprint density at radius 2 is 1.10 bits per heavy atom. The van der Waals surface area contributed by atoms with E-state index in [9.17, 15) is 16.8 Å². The zero-order chi connectivity index (χ0) is 22.8. The van der Waals surface area contributed by atoms with Gasteiger partial charge >= 0.3 is 0 Å². The van der Waals surface area contributed by atoms with E-state index in [1.807, 2.05) is 0 Å². The van der Waals surface area contributed by atoms with E-state index >= 15 is 0 Å². The van der Waals surface area contributed by atoms with Crippen LogP contribution in [0.1, 0.15) is 6.42 Å². The van der Waals surface area contributed by atoms with Crippen LogP contribution in [0.4, 0.5) is 0 Å². The number of nitrogens with zero attached hydrogens (tertiary/aromatic N) is 2. The molecule has 12 heteroatoms. The lowest BCUT2D eigenvalue weighted by molar-refractivity contribution is 0.400. The number of halogens is 2. The van der Waals surface area contributed by atoms with E-state index in [1.165, 1.54) is 47.1 Å². The third-order valence-corrected chi connectivity index (χ3v) is 10.0. The lowest BCUT2D eigenvalue weighted by atomic mass is 10.3. The zero-order valence-corrected chi connectivity index (χ0v) is 21.7. The normalized spacial score (nSPS) is 16.6. The van der Waals surface area contributed by atoms with Crippen LogP contribution in [0.2, 0.25) is 0 Å². The van der Waals surface area contributed by atoms with Crippen LogP contribution in [0.25, 0.3) is 0 Å². The maximum absolute atomic E-state index is 13.1. The minimum Gasteiger partial charge on any atom is -0.496 e. The fraction of sp³-hybridized carbons (Fsp3) is 0.368. The lowest BCUT2D eigenvalue weighted by Gasteiger charge is -2.22. The van der Waals surface area contributed by atoms with Crippen molar-refractivity contribution in [3.63, 3.8) is 0 Å². The second-order valence-electron chi connectivity index (χ2n) is 6.75. The van der Waals surface area contributed by atoms with Crippen molar-refractivity contribution >= 4 is 51.9 Å². The van der Waals surface area contributed by atoms with Crippen LogP contribution in [0.5, 0.6) is 11.5 Å². The summed E-state index contributed by atoms with van der Waals surface area (Å²) in [5.41, 5.74) is 0. The van der Waals surface area contributed by atoms with Gasteiger partial charge in [-0.2, -0.15) is 8.61 Å². The number of hydrogen-bond acceptors (Lipinski definition) is 6. The highest BCUT2D eigenvalue weighted by molar-refractivity contribution is 9.10. The van der Waals surface area contributed by atoms with Gasteiger partial charge in [-0.05, 0) is 62.5 Å². The Kier molecular flexibility index (Phi) is 7.70. The van der Waals surface area contributed by atoms with Gasteiger partial charge < -0.3 is 9.47 Å². The molecule has 0 spiro atoms. The predicted molar refractivity (Wildman–Crippen MR) is 124 cm³/mol. The van der Waals surface area contributed by atoms with Crippen molar-refractivity contribution < 1.29 is 26.3 Å². The Morgan fingerprint density at radius 3 is 1.45 bits per heavy atom. The second-order valence-corrected chi connectivity index (χ2v) is 12.3. The number of sulfonamides is 2. The molecule has 1 heterocycles. The first kappa shape index (κ1) is 24.5. The number of hydrogen-bond donors (Lipinski definition) is 0. The largest absolute Gasteiger partial charge is 0.496 e. The molecular formula is C19H22Br2N2O6S2. The van der Waals surface area contributed by atoms with Gasteiger partial charge in [0.2, 0.25) is 20.0 Å². The molecule has 0 unspecified atom stereocenters. The van der Waals surface area contributed by atoms with E-state index in [2.05, 4.69) is 31.9 Å². The van der Waals surface area contributed by atoms with Gasteiger partial charge in [0.05, 0.1) is 33.0 Å². The molecule has 1 aliphatic heterocycles. The fourth-order valence-electron chi connectivity index (χ4n) is 3.25. The molecule has 0 amide bonds. The summed E-state index contributed by atoms with van der Waals surface area (Å²) in [6.07, 6.45) is 0.375. The Hall–Kier alpha value is -1.18. The van der Waals surface area contributed by atoms with Gasteiger partial charge in [0, 0.05) is 38.3 Å². The van der Waals surface area contributed by atoms with Crippen LogP contribution >= 0.6 is 31.9 Å². The molecule has 31 heavy (non-hydrogen) atoms. The second kappa shape index (κ2) is 9.75. The van der Waals surface area contributed by atoms with E-state index in [-0.39, 0.29) is 36.0 Å². The first-order valence-electron chi connectivity index (χ1n) is 9.28. The molecule has 0 saturated carbocycles. The highest BCUT2D eigenvalue weighted by atomic mass is 79.9. The van der Waals surface area contributed by atoms with Crippen molar-refractivity contribution in [1.82, 2.24) is 8.61 Å². The Morgan fingerprint density at radius 1 is 0.710 bits per heavy atom. The van der Waals surface area contributed by atoms with E-state index in [0.717, 1.165) is 0 Å². The number of ether oxygens (including phenoxy) is 2. The highest BCUT2D eigenvalue weighted by Gasteiger charge is 2.32. The van der Waals surface area contributed by atoms with Gasteiger partial charge in [-0.1, -0.05) is 0 Å². The molecule has 0 radical (unpaired) electrons. The summed E-state index contributed by atoms with van der Waals surface area (Å²) in [6.45, 7) is 0.536. The molecule has 2 aromatic rings. The summed E-state index contributed by atoms with van der Waals surface area (Å²) in [5.74, 6) is 0.813. The van der Waals surface area contributed by atoms with Crippen molar-refractivity contribution in [2.24, 2.45) is 0 Å². The molecular weight excluding hydrogens is 576 g/mol. The van der Waals surface area contributed by atoms with Crippen LogP contribution in [-0.2, 0) is 20.0 Å². The number of benzene rings is 2. The molecule has 0 aromatic heterocycles. The Bertz CT molecular complexity index is 1080. The summed E-state index contributed by atoms with van der Waals surface area (Å²) < 4.78 is 66.8. The lowest BCUT2D eigenvalue weighted by Crippen LogP contribution is -2.37. The highest BCUT2D eigenvalue weighted by Crippen LogP contribution is 2.31. The molecule has 0 N–H and O–H groups in total. The number of rotatable bonds is 6. The molecule has 1 saturated heterocycles. The molecule has 0 bridgehead atoms. The molecule has 1 aliphatic rings. The third kappa shape index (κ3) is 5.09. The minimum atomic E-state index is -3.80. The zero-order valence-electron chi connectivity index (χ0n) is 16.9. The summed E-state index contributed by atoms with van der Waals surface area (Å²) in [6, 6.07) is 9.12. The van der Waals surface area contributed by atoms with Crippen molar-refractivity contribution in [3.05, 3.63) is 45.3 Å². The van der Waals surface area contributed by atoms with E-state index < -0.39 is 20.0 Å². The van der Waals surface area contributed by atoms with Crippen molar-refractivity contribution in [3.8, 4) is 11.5 Å². The molecule has 2 aromatic carbocycles. The van der Waals surface area contributed by atoms with Gasteiger partial charge in [0.15, 0.2) is 0 Å². The topological polar surface area (TPSA) is 93.2 Å². The van der Waals surface area contributed by atoms with Gasteiger partial charge in [-0.15, -0.1) is 0 Å². The molecule has 3 rings (SSSR count). The fourth-order valence-corrected chi connectivity index (χ4v) is 7.04. The van der Waals surface area contributed by atoms with Crippen LogP contribution in [0, 0.1) is 0 Å². The average Bonchev–Trinajstić information content (AvgIpc) is 3.01. The van der Waals surface area contributed by atoms with Crippen LogP contribution in [0.15, 0.2) is 55.1 Å². The smallest absolute Gasteiger partial charge is 0.243 e. The van der Waals surface area contributed by atoms with Crippen LogP contribution in [-0.4, -0.2) is 65.8 Å². The van der Waals surface area contributed by atoms with Crippen molar-refractivity contribution in [2.45, 2.75) is 16.2 Å². The first-order valence-corrected chi connectivity index (χ1v) is 13.7. The molecule has 170 valence electrons. The Balaban J connectivity index is 1.83. The van der Waals surface area contributed by atoms with E-state index in [4.69, 9.17) is 9.47 Å². The molecule has 0 aliphatic carbocycles. The van der Waals surface area contributed by atoms with Crippen molar-refractivity contribution in [1.29, 1.82) is 0 Å². The first-order chi connectivity index (χ1) is 14.6. The summed E-state index contributed by atoms with van der Waals surface area (Å²) in [5, 5.41) is 0. The quantitative estimate of drug-likeness (QED) is 0.507. The molecule has 0 atom stereocenters. The monoisotopic (exact) mass is 596 g/mol. The van der Waals surface area contributed by atoms with Gasteiger partial charge in [0.25, 0.3) is 0 Å². The van der Waals surface area contributed by atoms with Crippen LogP contribution in [0.3, 0.4) is 0 Å². The summed E-state index contributed by atoms with van der Waals surface area (Å²) in [7, 11) is -4.68. The minimum absolute atomic E-state index is 0.0492. The SMILES string of the molecule is COc1cc(S(=O)(=O)N2CCCN(S(=O)(=O)c3ccc(Br)c(OC)c3)CC2)ccc1Br. The third-order valence-electron chi connectivity index (χ3n) is 4.93. The summed E-state index contributed by atoms with van der Waals surface area (Å²) >= 11 is 6.63. The maximum Gasteiger partial charge on any atom is 0.243 e. The molecule has 8 nitrogen and oxygen atoms in total. The summed E-state index contributed by atoms with van der Waals surface area (Å²) in [4.78, 5) is 0.197. The predicted octanol–water partition coefficient (Wildman–Crippen LogP) is 3.31. The van der Waals surface area contributed by atoms with Gasteiger partial charge in [-0.25, -0.2) is 16.8 Å². The molecule has 1 fully saturated rings. The average molecular weight is 598 g/mol. The van der Waals surface area contributed by atoms with Gasteiger partial charge in [0.1, 0.15) is 11.5 Å². The van der Waals surface area contributed by atoms with E-state index in [1.54, 1.807) is 12.1 Å². The number of methoxy groups -OCH3 is 2. The van der Waals surface area contributed by atoms with Gasteiger partial charge in [-0.3, -0.25) is 0 Å². The standard InChI is InChI=1S/C19H22Br2N2O6S2/c1-28-18-12-14(4-6-16(18)20)30(24,25)22-8-3-9-23(11-10-22)31(26,27)15-5-7-17(21)19(13-15)29-2/h4-7,12-13H,3,8-11H2,1-2H3. The van der Waals surface area contributed by atoms with Crippen LogP contribution < -0.4 is 9.47 Å².